The fourth-order valence-electron chi connectivity index (χ4n) is 3.27. The number of carbonyl (C=O) groups excluding carboxylic acids is 2. The summed E-state index contributed by atoms with van der Waals surface area (Å²) in [6.07, 6.45) is 0.764. The zero-order chi connectivity index (χ0) is 21.3. The van der Waals surface area contributed by atoms with E-state index in [4.69, 9.17) is 0 Å². The normalized spacial score (nSPS) is 10.3. The highest BCUT2D eigenvalue weighted by Crippen LogP contribution is 2.19. The summed E-state index contributed by atoms with van der Waals surface area (Å²) in [5.74, 6) is -0.323. The van der Waals surface area contributed by atoms with Crippen molar-refractivity contribution in [3.8, 4) is 0 Å². The zero-order valence-electron chi connectivity index (χ0n) is 17.4. The molecule has 0 bridgehead atoms. The van der Waals surface area contributed by atoms with Crippen molar-refractivity contribution in [3.63, 3.8) is 0 Å². The van der Waals surface area contributed by atoms with E-state index in [9.17, 15) is 9.59 Å². The highest BCUT2D eigenvalue weighted by Gasteiger charge is 2.12. The lowest BCUT2D eigenvalue weighted by Gasteiger charge is -2.14. The minimum atomic E-state index is -0.163. The highest BCUT2D eigenvalue weighted by atomic mass is 16.2. The Morgan fingerprint density at radius 2 is 1.47 bits per heavy atom. The van der Waals surface area contributed by atoms with Crippen LogP contribution in [0.5, 0.6) is 0 Å². The molecule has 0 aliphatic rings. The van der Waals surface area contributed by atoms with Crippen LogP contribution < -0.4 is 16.0 Å². The molecule has 0 radical (unpaired) electrons. The van der Waals surface area contributed by atoms with Gasteiger partial charge >= 0.3 is 0 Å². The summed E-state index contributed by atoms with van der Waals surface area (Å²) in [7, 11) is 0. The van der Waals surface area contributed by atoms with Gasteiger partial charge in [-0.05, 0) is 49.1 Å². The third-order valence-corrected chi connectivity index (χ3v) is 4.90. The fourth-order valence-corrected chi connectivity index (χ4v) is 3.27. The molecule has 0 spiro atoms. The van der Waals surface area contributed by atoms with Gasteiger partial charge in [0.25, 0.3) is 5.91 Å². The molecule has 3 aromatic carbocycles. The minimum absolute atomic E-state index is 0.0715. The first-order chi connectivity index (χ1) is 14.5. The summed E-state index contributed by atoms with van der Waals surface area (Å²) in [5, 5.41) is 8.99. The van der Waals surface area contributed by atoms with Crippen molar-refractivity contribution >= 4 is 23.2 Å². The summed E-state index contributed by atoms with van der Waals surface area (Å²) < 4.78 is 0. The van der Waals surface area contributed by atoms with Crippen molar-refractivity contribution in [1.29, 1.82) is 0 Å². The quantitative estimate of drug-likeness (QED) is 0.526. The van der Waals surface area contributed by atoms with E-state index in [1.165, 1.54) is 5.56 Å². The summed E-state index contributed by atoms with van der Waals surface area (Å²) in [5.41, 5.74) is 5.18. The van der Waals surface area contributed by atoms with E-state index in [0.717, 1.165) is 23.2 Å². The molecule has 0 heterocycles. The van der Waals surface area contributed by atoms with Gasteiger partial charge in [-0.1, -0.05) is 60.7 Å². The first kappa shape index (κ1) is 21.1. The number of para-hydroxylation sites is 2. The number of amides is 2. The van der Waals surface area contributed by atoms with Crippen molar-refractivity contribution in [2.75, 3.05) is 23.7 Å². The summed E-state index contributed by atoms with van der Waals surface area (Å²) in [6, 6.07) is 23.1. The second-order valence-corrected chi connectivity index (χ2v) is 7.21. The predicted octanol–water partition coefficient (Wildman–Crippen LogP) is 4.33. The predicted molar refractivity (Wildman–Crippen MR) is 122 cm³/mol. The van der Waals surface area contributed by atoms with E-state index >= 15 is 0 Å². The van der Waals surface area contributed by atoms with E-state index < -0.39 is 0 Å². The number of anilines is 2. The van der Waals surface area contributed by atoms with Crippen LogP contribution in [0.25, 0.3) is 0 Å². The van der Waals surface area contributed by atoms with Crippen LogP contribution in [0.4, 0.5) is 11.4 Å². The molecule has 30 heavy (non-hydrogen) atoms. The van der Waals surface area contributed by atoms with Gasteiger partial charge in [0.1, 0.15) is 0 Å². The van der Waals surface area contributed by atoms with Crippen LogP contribution in [0.1, 0.15) is 27.0 Å². The third-order valence-electron chi connectivity index (χ3n) is 4.90. The molecule has 0 atom stereocenters. The van der Waals surface area contributed by atoms with E-state index in [1.807, 2.05) is 74.5 Å². The molecule has 0 unspecified atom stereocenters. The molecule has 0 aliphatic carbocycles. The number of benzene rings is 3. The van der Waals surface area contributed by atoms with Gasteiger partial charge < -0.3 is 16.0 Å². The van der Waals surface area contributed by atoms with Gasteiger partial charge in [0.05, 0.1) is 12.1 Å². The fraction of sp³-hybridized carbons (Fsp3) is 0.200. The third kappa shape index (κ3) is 5.70. The second-order valence-electron chi connectivity index (χ2n) is 7.21. The largest absolute Gasteiger partial charge is 0.376 e. The van der Waals surface area contributed by atoms with Crippen molar-refractivity contribution < 1.29 is 9.59 Å². The lowest BCUT2D eigenvalue weighted by atomic mass is 10.1. The molecular weight excluding hydrogens is 374 g/mol. The van der Waals surface area contributed by atoms with Crippen molar-refractivity contribution in [1.82, 2.24) is 5.32 Å². The Kier molecular flexibility index (Phi) is 7.22. The lowest BCUT2D eigenvalue weighted by Crippen LogP contribution is -2.28. The molecular formula is C25H27N3O2. The topological polar surface area (TPSA) is 70.2 Å². The molecule has 0 fully saturated rings. The molecule has 0 aliphatic heterocycles. The monoisotopic (exact) mass is 401 g/mol. The van der Waals surface area contributed by atoms with Crippen LogP contribution in [0.3, 0.4) is 0 Å². The van der Waals surface area contributed by atoms with E-state index in [1.54, 1.807) is 12.1 Å². The summed E-state index contributed by atoms with van der Waals surface area (Å²) >= 11 is 0. The average molecular weight is 402 g/mol. The Balaban J connectivity index is 1.56. The van der Waals surface area contributed by atoms with Gasteiger partial charge in [-0.2, -0.15) is 0 Å². The number of hydrogen-bond donors (Lipinski definition) is 3. The van der Waals surface area contributed by atoms with Crippen LogP contribution in [-0.2, 0) is 11.2 Å². The Labute approximate surface area is 177 Å². The van der Waals surface area contributed by atoms with Gasteiger partial charge in [-0.15, -0.1) is 0 Å². The van der Waals surface area contributed by atoms with Crippen LogP contribution in [0.15, 0.2) is 72.8 Å². The van der Waals surface area contributed by atoms with Crippen LogP contribution in [0, 0.1) is 13.8 Å². The number of carbonyl (C=O) groups is 2. The molecule has 2 amide bonds. The SMILES string of the molecule is Cc1cccc(C)c1NC(=O)CNc1ccccc1C(=O)NCCc1ccccc1. The van der Waals surface area contributed by atoms with Crippen LogP contribution in [-0.4, -0.2) is 24.9 Å². The van der Waals surface area contributed by atoms with Crippen LogP contribution in [0.2, 0.25) is 0 Å². The average Bonchev–Trinajstić information content (AvgIpc) is 2.76. The van der Waals surface area contributed by atoms with Gasteiger partial charge in [0.15, 0.2) is 0 Å². The van der Waals surface area contributed by atoms with Gasteiger partial charge in [-0.3, -0.25) is 9.59 Å². The number of rotatable bonds is 8. The smallest absolute Gasteiger partial charge is 0.253 e. The first-order valence-electron chi connectivity index (χ1n) is 10.1. The molecule has 0 saturated heterocycles. The Morgan fingerprint density at radius 3 is 2.20 bits per heavy atom. The van der Waals surface area contributed by atoms with Gasteiger partial charge in [0.2, 0.25) is 5.91 Å². The Hall–Kier alpha value is -3.60. The first-order valence-corrected chi connectivity index (χ1v) is 10.1. The summed E-state index contributed by atoms with van der Waals surface area (Å²) in [6.45, 7) is 4.54. The molecule has 5 nitrogen and oxygen atoms in total. The molecule has 154 valence electrons. The number of nitrogens with one attached hydrogen (secondary N) is 3. The second kappa shape index (κ2) is 10.3. The maximum absolute atomic E-state index is 12.6. The molecule has 3 rings (SSSR count). The van der Waals surface area contributed by atoms with Crippen molar-refractivity contribution in [2.24, 2.45) is 0 Å². The van der Waals surface area contributed by atoms with Crippen molar-refractivity contribution in [3.05, 3.63) is 95.1 Å². The number of hydrogen-bond acceptors (Lipinski definition) is 3. The highest BCUT2D eigenvalue weighted by molar-refractivity contribution is 6.01. The minimum Gasteiger partial charge on any atom is -0.376 e. The van der Waals surface area contributed by atoms with Gasteiger partial charge in [-0.25, -0.2) is 0 Å². The van der Waals surface area contributed by atoms with E-state index in [0.29, 0.717) is 17.8 Å². The molecule has 3 aromatic rings. The standard InChI is InChI=1S/C25H27N3O2/c1-18-9-8-10-19(2)24(18)28-23(29)17-27-22-14-7-6-13-21(22)25(30)26-16-15-20-11-4-3-5-12-20/h3-14,27H,15-17H2,1-2H3,(H,26,30)(H,28,29). The Bertz CT molecular complexity index is 996. The van der Waals surface area contributed by atoms with E-state index in [-0.39, 0.29) is 18.4 Å². The van der Waals surface area contributed by atoms with Gasteiger partial charge in [0, 0.05) is 17.9 Å². The van der Waals surface area contributed by atoms with Crippen LogP contribution >= 0.6 is 0 Å². The molecule has 3 N–H and O–H groups in total. The molecule has 5 heteroatoms. The maximum atomic E-state index is 12.6. The lowest BCUT2D eigenvalue weighted by molar-refractivity contribution is -0.114. The summed E-state index contributed by atoms with van der Waals surface area (Å²) in [4.78, 5) is 25.1. The zero-order valence-corrected chi connectivity index (χ0v) is 17.4. The number of aryl methyl sites for hydroxylation is 2. The molecule has 0 saturated carbocycles. The maximum Gasteiger partial charge on any atom is 0.253 e. The van der Waals surface area contributed by atoms with Crippen molar-refractivity contribution in [2.45, 2.75) is 20.3 Å². The Morgan fingerprint density at radius 1 is 0.800 bits per heavy atom. The molecule has 0 aromatic heterocycles. The van der Waals surface area contributed by atoms with E-state index in [2.05, 4.69) is 16.0 Å².